The number of nitrogens with zero attached hydrogens (tertiary/aromatic N) is 3. The van der Waals surface area contributed by atoms with Crippen LogP contribution in [0.1, 0.15) is 35.0 Å². The summed E-state index contributed by atoms with van der Waals surface area (Å²) >= 11 is 6.08. The van der Waals surface area contributed by atoms with E-state index in [1.54, 1.807) is 12.3 Å². The normalized spacial score (nSPS) is 14.5. The van der Waals surface area contributed by atoms with Crippen molar-refractivity contribution in [3.8, 4) is 22.8 Å². The highest BCUT2D eigenvalue weighted by Crippen LogP contribution is 2.33. The quantitative estimate of drug-likeness (QED) is 0.280. The molecule has 6 nitrogen and oxygen atoms in total. The van der Waals surface area contributed by atoms with E-state index in [9.17, 15) is 4.79 Å². The first-order valence-corrected chi connectivity index (χ1v) is 12.0. The van der Waals surface area contributed by atoms with Crippen molar-refractivity contribution in [2.75, 3.05) is 13.1 Å². The lowest BCUT2D eigenvalue weighted by molar-refractivity contribution is 0.0707. The molecule has 6 rings (SSSR count). The fourth-order valence-corrected chi connectivity index (χ4v) is 4.75. The number of hydrogen-bond donors (Lipinski definition) is 0. The minimum atomic E-state index is -0.0251. The molecule has 174 valence electrons. The first-order chi connectivity index (χ1) is 17.2. The van der Waals surface area contributed by atoms with E-state index in [-0.39, 0.29) is 11.8 Å². The van der Waals surface area contributed by atoms with Crippen LogP contribution >= 0.6 is 11.6 Å². The maximum absolute atomic E-state index is 13.5. The zero-order valence-corrected chi connectivity index (χ0v) is 19.6. The fraction of sp³-hybridized carbons (Fsp3) is 0.179. The summed E-state index contributed by atoms with van der Waals surface area (Å²) in [6.07, 6.45) is 3.27. The highest BCUT2D eigenvalue weighted by atomic mass is 35.5. The number of amides is 1. The van der Waals surface area contributed by atoms with Crippen LogP contribution in [0.3, 0.4) is 0 Å². The lowest BCUT2D eigenvalue weighted by atomic mass is 9.95. The Kier molecular flexibility index (Phi) is 5.58. The van der Waals surface area contributed by atoms with Gasteiger partial charge in [-0.3, -0.25) is 4.79 Å². The number of benzene rings is 3. The second-order valence-electron chi connectivity index (χ2n) is 8.67. The number of likely N-dealkylation sites (tertiary alicyclic amines) is 1. The summed E-state index contributed by atoms with van der Waals surface area (Å²) in [7, 11) is 0. The summed E-state index contributed by atoms with van der Waals surface area (Å²) in [5.41, 5.74) is 3.72. The molecule has 0 unspecified atom stereocenters. The van der Waals surface area contributed by atoms with Crippen molar-refractivity contribution in [3.05, 3.63) is 95.5 Å². The van der Waals surface area contributed by atoms with Gasteiger partial charge in [0, 0.05) is 35.2 Å². The molecule has 3 aromatic carbocycles. The smallest absolute Gasteiger partial charge is 0.254 e. The van der Waals surface area contributed by atoms with Crippen molar-refractivity contribution in [3.63, 3.8) is 0 Å². The van der Waals surface area contributed by atoms with Crippen LogP contribution in [0.5, 0.6) is 0 Å². The van der Waals surface area contributed by atoms with E-state index in [0.717, 1.165) is 29.5 Å². The van der Waals surface area contributed by atoms with Crippen molar-refractivity contribution >= 4 is 28.6 Å². The van der Waals surface area contributed by atoms with Crippen LogP contribution < -0.4 is 0 Å². The van der Waals surface area contributed by atoms with Crippen LogP contribution in [0.15, 0.2) is 87.8 Å². The van der Waals surface area contributed by atoms with Crippen LogP contribution in [-0.4, -0.2) is 33.9 Å². The van der Waals surface area contributed by atoms with Gasteiger partial charge in [-0.2, -0.15) is 0 Å². The van der Waals surface area contributed by atoms with Crippen molar-refractivity contribution in [1.29, 1.82) is 0 Å². The van der Waals surface area contributed by atoms with E-state index in [2.05, 4.69) is 9.97 Å². The Morgan fingerprint density at radius 3 is 2.54 bits per heavy atom. The topological polar surface area (TPSA) is 72.4 Å². The van der Waals surface area contributed by atoms with Gasteiger partial charge in [-0.1, -0.05) is 54.1 Å². The van der Waals surface area contributed by atoms with Gasteiger partial charge < -0.3 is 13.7 Å². The molecule has 1 saturated heterocycles. The van der Waals surface area contributed by atoms with Crippen LogP contribution in [0.4, 0.5) is 0 Å². The minimum absolute atomic E-state index is 0.0251. The molecule has 35 heavy (non-hydrogen) atoms. The van der Waals surface area contributed by atoms with Gasteiger partial charge in [-0.25, -0.2) is 9.97 Å². The molecule has 1 aliphatic heterocycles. The maximum atomic E-state index is 13.5. The van der Waals surface area contributed by atoms with Crippen molar-refractivity contribution < 1.29 is 13.6 Å². The second kappa shape index (κ2) is 9.04. The first kappa shape index (κ1) is 21.6. The number of hydrogen-bond acceptors (Lipinski definition) is 5. The van der Waals surface area contributed by atoms with Gasteiger partial charge in [0.1, 0.15) is 5.52 Å². The van der Waals surface area contributed by atoms with Crippen LogP contribution in [0, 0.1) is 0 Å². The van der Waals surface area contributed by atoms with Crippen molar-refractivity contribution in [2.45, 2.75) is 18.8 Å². The van der Waals surface area contributed by atoms with E-state index >= 15 is 0 Å². The largest absolute Gasteiger partial charge is 0.440 e. The highest BCUT2D eigenvalue weighted by molar-refractivity contribution is 6.31. The Labute approximate surface area is 207 Å². The van der Waals surface area contributed by atoms with Gasteiger partial charge in [0.2, 0.25) is 5.89 Å². The second-order valence-corrected chi connectivity index (χ2v) is 9.11. The van der Waals surface area contributed by atoms with Gasteiger partial charge in [-0.05, 0) is 43.2 Å². The summed E-state index contributed by atoms with van der Waals surface area (Å²) in [6.45, 7) is 1.25. The molecule has 1 fully saturated rings. The van der Waals surface area contributed by atoms with E-state index in [1.807, 2.05) is 71.6 Å². The number of oxazole rings is 2. The third kappa shape index (κ3) is 4.21. The van der Waals surface area contributed by atoms with E-state index in [0.29, 0.717) is 46.8 Å². The van der Waals surface area contributed by atoms with Gasteiger partial charge in [-0.15, -0.1) is 0 Å². The highest BCUT2D eigenvalue weighted by Gasteiger charge is 2.29. The molecule has 0 radical (unpaired) electrons. The minimum Gasteiger partial charge on any atom is -0.440 e. The number of carbonyl (C=O) groups excluding carboxylic acids is 1. The van der Waals surface area contributed by atoms with E-state index in [4.69, 9.17) is 20.4 Å². The molecule has 0 bridgehead atoms. The molecule has 7 heteroatoms. The summed E-state index contributed by atoms with van der Waals surface area (Å²) in [5.74, 6) is 1.96. The Morgan fingerprint density at radius 1 is 0.943 bits per heavy atom. The summed E-state index contributed by atoms with van der Waals surface area (Å²) in [5, 5.41) is 0.637. The van der Waals surface area contributed by atoms with Gasteiger partial charge in [0.25, 0.3) is 5.91 Å². The van der Waals surface area contributed by atoms with Gasteiger partial charge >= 0.3 is 0 Å². The first-order valence-electron chi connectivity index (χ1n) is 11.6. The van der Waals surface area contributed by atoms with E-state index < -0.39 is 0 Å². The van der Waals surface area contributed by atoms with Gasteiger partial charge in [0.05, 0.1) is 11.8 Å². The third-order valence-electron chi connectivity index (χ3n) is 6.45. The SMILES string of the molecule is O=C(c1ccccc1-c1ncc(-c2ccccc2)o1)N1CCC(c2nc3cc(Cl)ccc3o2)CC1. The van der Waals surface area contributed by atoms with Crippen LogP contribution in [0.2, 0.25) is 5.02 Å². The number of piperidine rings is 1. The number of aromatic nitrogens is 2. The lowest BCUT2D eigenvalue weighted by Gasteiger charge is -2.31. The molecule has 0 N–H and O–H groups in total. The summed E-state index contributed by atoms with van der Waals surface area (Å²) in [4.78, 5) is 24.5. The van der Waals surface area contributed by atoms with Crippen molar-refractivity contribution in [2.24, 2.45) is 0 Å². The Morgan fingerprint density at radius 2 is 1.71 bits per heavy atom. The zero-order chi connectivity index (χ0) is 23.8. The molecule has 5 aromatic rings. The predicted molar refractivity (Wildman–Crippen MR) is 134 cm³/mol. The van der Waals surface area contributed by atoms with Crippen molar-refractivity contribution in [1.82, 2.24) is 14.9 Å². The summed E-state index contributed by atoms with van der Waals surface area (Å²) in [6, 6.07) is 22.7. The molecule has 0 atom stereocenters. The molecule has 0 saturated carbocycles. The maximum Gasteiger partial charge on any atom is 0.254 e. The van der Waals surface area contributed by atoms with Crippen LogP contribution in [0.25, 0.3) is 33.9 Å². The molecular weight excluding hydrogens is 462 g/mol. The molecule has 1 aliphatic rings. The third-order valence-corrected chi connectivity index (χ3v) is 6.68. The van der Waals surface area contributed by atoms with Gasteiger partial charge in [0.15, 0.2) is 17.2 Å². The lowest BCUT2D eigenvalue weighted by Crippen LogP contribution is -2.38. The molecule has 3 heterocycles. The van der Waals surface area contributed by atoms with Crippen LogP contribution in [-0.2, 0) is 0 Å². The van der Waals surface area contributed by atoms with E-state index in [1.165, 1.54) is 0 Å². The zero-order valence-electron chi connectivity index (χ0n) is 18.9. The monoisotopic (exact) mass is 483 g/mol. The molecule has 0 aliphatic carbocycles. The average Bonchev–Trinajstić information content (AvgIpc) is 3.56. The predicted octanol–water partition coefficient (Wildman–Crippen LogP) is 6.82. The number of halogens is 1. The Hall–Kier alpha value is -3.90. The Balaban J connectivity index is 1.19. The number of carbonyl (C=O) groups is 1. The average molecular weight is 484 g/mol. The number of fused-ring (bicyclic) bond motifs is 1. The fourth-order valence-electron chi connectivity index (χ4n) is 4.58. The number of rotatable bonds is 4. The Bertz CT molecular complexity index is 1500. The molecule has 2 aromatic heterocycles. The molecule has 1 amide bonds. The standard InChI is InChI=1S/C28H22ClN3O3/c29-20-10-11-24-23(16-20)31-26(34-24)19-12-14-32(15-13-19)28(33)22-9-5-4-8-21(22)27-30-17-25(35-27)18-6-2-1-3-7-18/h1-11,16-17,19H,12-15H2. The molecular formula is C28H22ClN3O3. The summed E-state index contributed by atoms with van der Waals surface area (Å²) < 4.78 is 12.0. The molecule has 0 spiro atoms.